The minimum atomic E-state index is -0.714. The molecule has 10 heteroatoms. The van der Waals surface area contributed by atoms with Crippen LogP contribution in [0.3, 0.4) is 0 Å². The average Bonchev–Trinajstić information content (AvgIpc) is 3.02. The number of fused-ring (bicyclic) bond motifs is 1. The molecule has 45 heavy (non-hydrogen) atoms. The molecule has 0 aliphatic carbocycles. The number of benzene rings is 3. The van der Waals surface area contributed by atoms with Crippen molar-refractivity contribution in [1.82, 2.24) is 9.97 Å². The summed E-state index contributed by atoms with van der Waals surface area (Å²) in [4.78, 5) is 13.8. The number of hydrogen-bond acceptors (Lipinski definition) is 6. The van der Waals surface area contributed by atoms with E-state index < -0.39 is 17.5 Å². The standard InChI is InChI=1S/C34H30F3N3O2.CH3BN/c1-5-42-34-21(3)12-30(40-33(34)26-11-20(2)28(36)16-29(26)37)27(23-9-7-6-8-10-23)19-38-17-22-13-24-15-25(35)18-39-32(24)31(14-22)41-4;2-1-3/h6-18,27H,5,19H2,1-4H3;1H,3H2. The van der Waals surface area contributed by atoms with Gasteiger partial charge in [0.25, 0.3) is 0 Å². The number of aryl methyl sites for hydroxylation is 2. The second-order valence-corrected chi connectivity index (χ2v) is 10.2. The molecular formula is C35H33BF3N4O2. The molecule has 1 unspecified atom stereocenters. The van der Waals surface area contributed by atoms with Crippen LogP contribution in [0.1, 0.15) is 40.8 Å². The fourth-order valence-corrected chi connectivity index (χ4v) is 4.97. The third kappa shape index (κ3) is 7.76. The molecule has 0 amide bonds. The number of rotatable bonds is 9. The summed E-state index contributed by atoms with van der Waals surface area (Å²) in [5.41, 5.74) is 8.98. The number of hydrogen-bond donors (Lipinski definition) is 1. The van der Waals surface area contributed by atoms with Crippen molar-refractivity contribution in [3.05, 3.63) is 118 Å². The Morgan fingerprint density at radius 1 is 0.978 bits per heavy atom. The van der Waals surface area contributed by atoms with Crippen LogP contribution in [-0.2, 0) is 0 Å². The van der Waals surface area contributed by atoms with E-state index in [9.17, 15) is 8.78 Å². The number of nitrogens with zero attached hydrogens (tertiary/aromatic N) is 3. The van der Waals surface area contributed by atoms with Crippen LogP contribution >= 0.6 is 0 Å². The Labute approximate surface area is 261 Å². The van der Waals surface area contributed by atoms with Gasteiger partial charge in [0.1, 0.15) is 40.2 Å². The van der Waals surface area contributed by atoms with Crippen LogP contribution < -0.4 is 15.2 Å². The maximum absolute atomic E-state index is 15.1. The molecule has 5 aromatic rings. The van der Waals surface area contributed by atoms with Gasteiger partial charge in [-0.3, -0.25) is 4.99 Å². The van der Waals surface area contributed by atoms with Gasteiger partial charge in [-0.25, -0.2) is 23.1 Å². The number of halogens is 3. The van der Waals surface area contributed by atoms with E-state index in [4.69, 9.17) is 19.5 Å². The maximum atomic E-state index is 15.1. The number of methoxy groups -OCH3 is 1. The fraction of sp³-hybridized carbons (Fsp3) is 0.200. The van der Waals surface area contributed by atoms with E-state index in [0.717, 1.165) is 35.0 Å². The molecule has 0 saturated heterocycles. The normalized spacial score (nSPS) is 11.6. The molecule has 2 N–H and O–H groups in total. The first-order chi connectivity index (χ1) is 21.7. The first-order valence-electron chi connectivity index (χ1n) is 14.2. The average molecular weight is 609 g/mol. The van der Waals surface area contributed by atoms with Gasteiger partial charge >= 0.3 is 19.3 Å². The van der Waals surface area contributed by atoms with Crippen molar-refractivity contribution >= 4 is 30.7 Å². The second kappa shape index (κ2) is 15.1. The van der Waals surface area contributed by atoms with Gasteiger partial charge in [0.05, 0.1) is 32.2 Å². The van der Waals surface area contributed by atoms with Gasteiger partial charge in [0, 0.05) is 29.1 Å². The fourth-order valence-electron chi connectivity index (χ4n) is 4.97. The zero-order chi connectivity index (χ0) is 32.5. The zero-order valence-electron chi connectivity index (χ0n) is 25.5. The summed E-state index contributed by atoms with van der Waals surface area (Å²) in [6.07, 6.45) is 3.86. The van der Waals surface area contributed by atoms with E-state index >= 15 is 4.39 Å². The Kier molecular flexibility index (Phi) is 11.1. The Hall–Kier alpha value is -4.99. The van der Waals surface area contributed by atoms with Gasteiger partial charge in [-0.2, -0.15) is 0 Å². The van der Waals surface area contributed by atoms with Crippen LogP contribution in [0, 0.1) is 31.3 Å². The molecule has 1 radical (unpaired) electrons. The van der Waals surface area contributed by atoms with Crippen LogP contribution in [0.2, 0.25) is 0 Å². The molecule has 3 aromatic carbocycles. The summed E-state index contributed by atoms with van der Waals surface area (Å²) >= 11 is 0. The van der Waals surface area contributed by atoms with Crippen molar-refractivity contribution in [3.63, 3.8) is 0 Å². The van der Waals surface area contributed by atoms with E-state index in [1.807, 2.05) is 50.2 Å². The van der Waals surface area contributed by atoms with Crippen LogP contribution in [0.4, 0.5) is 13.2 Å². The summed E-state index contributed by atoms with van der Waals surface area (Å²) in [7, 11) is 6.04. The van der Waals surface area contributed by atoms with Crippen molar-refractivity contribution in [2.45, 2.75) is 26.7 Å². The predicted molar refractivity (Wildman–Crippen MR) is 175 cm³/mol. The van der Waals surface area contributed by atoms with E-state index in [2.05, 4.69) is 18.2 Å². The molecule has 6 nitrogen and oxygen atoms in total. The van der Waals surface area contributed by atoms with E-state index in [0.29, 0.717) is 52.5 Å². The number of aliphatic imine (C=N–C) groups is 1. The Bertz CT molecular complexity index is 1830. The molecule has 5 rings (SSSR count). The summed E-state index contributed by atoms with van der Waals surface area (Å²) in [5.74, 6) is -1.11. The van der Waals surface area contributed by atoms with Gasteiger partial charge in [-0.15, -0.1) is 0 Å². The molecular weight excluding hydrogens is 576 g/mol. The van der Waals surface area contributed by atoms with Crippen LogP contribution in [0.25, 0.3) is 22.2 Å². The van der Waals surface area contributed by atoms with E-state index in [1.54, 1.807) is 25.3 Å². The molecule has 0 bridgehead atoms. The topological polar surface area (TPSA) is 82.6 Å². The van der Waals surface area contributed by atoms with Crippen LogP contribution in [-0.4, -0.2) is 50.0 Å². The van der Waals surface area contributed by atoms with Gasteiger partial charge in [-0.05, 0) is 73.4 Å². The van der Waals surface area contributed by atoms with Gasteiger partial charge < -0.3 is 9.47 Å². The van der Waals surface area contributed by atoms with Gasteiger partial charge in [0.15, 0.2) is 0 Å². The summed E-state index contributed by atoms with van der Waals surface area (Å²) in [6.45, 7) is 5.99. The van der Waals surface area contributed by atoms with Crippen molar-refractivity contribution in [2.75, 3.05) is 20.3 Å². The number of aromatic nitrogens is 2. The van der Waals surface area contributed by atoms with Crippen molar-refractivity contribution < 1.29 is 22.6 Å². The van der Waals surface area contributed by atoms with Crippen LogP contribution in [0.5, 0.6) is 11.5 Å². The zero-order valence-corrected chi connectivity index (χ0v) is 25.5. The third-order valence-electron chi connectivity index (χ3n) is 7.01. The Morgan fingerprint density at radius 2 is 1.71 bits per heavy atom. The molecule has 2 aromatic heterocycles. The number of nitrogens with two attached hydrogens (primary N) is 1. The van der Waals surface area contributed by atoms with Crippen molar-refractivity contribution in [2.24, 2.45) is 10.7 Å². The van der Waals surface area contributed by atoms with Gasteiger partial charge in [0.2, 0.25) is 0 Å². The Morgan fingerprint density at radius 3 is 2.40 bits per heavy atom. The molecule has 229 valence electrons. The van der Waals surface area contributed by atoms with Gasteiger partial charge in [-0.1, -0.05) is 30.3 Å². The quantitative estimate of drug-likeness (QED) is 0.146. The molecule has 2 heterocycles. The molecule has 1 atom stereocenters. The van der Waals surface area contributed by atoms with Crippen molar-refractivity contribution in [1.29, 1.82) is 0 Å². The number of ether oxygens (including phenoxy) is 2. The molecule has 0 aliphatic heterocycles. The first-order valence-corrected chi connectivity index (χ1v) is 14.2. The summed E-state index contributed by atoms with van der Waals surface area (Å²) < 4.78 is 54.5. The third-order valence-corrected chi connectivity index (χ3v) is 7.01. The Balaban J connectivity index is 0.00000148. The monoisotopic (exact) mass is 609 g/mol. The molecule has 0 aliphatic rings. The second-order valence-electron chi connectivity index (χ2n) is 10.2. The molecule has 0 fully saturated rings. The predicted octanol–water partition coefficient (Wildman–Crippen LogP) is 6.86. The summed E-state index contributed by atoms with van der Waals surface area (Å²) in [6, 6.07) is 19.0. The van der Waals surface area contributed by atoms with Crippen LogP contribution in [0.15, 0.2) is 77.9 Å². The number of pyridine rings is 2. The SMILES string of the molecule is CCOc1c(C)cc(C(CN=Cc2cc(OC)c3ncc(F)cc3c2)c2ccccc2)nc1-c1cc(C)c(F)cc1F.[B]=CN. The van der Waals surface area contributed by atoms with E-state index in [-0.39, 0.29) is 11.5 Å². The molecule has 0 spiro atoms. The van der Waals surface area contributed by atoms with Crippen molar-refractivity contribution in [3.8, 4) is 22.8 Å². The molecule has 0 saturated carbocycles. The van der Waals surface area contributed by atoms with E-state index in [1.165, 1.54) is 19.2 Å². The first kappa shape index (κ1) is 32.9. The minimum absolute atomic E-state index is 0.168. The summed E-state index contributed by atoms with van der Waals surface area (Å²) in [5, 5.41) is 0.598.